The molecule has 2 rings (SSSR count). The van der Waals surface area contributed by atoms with Gasteiger partial charge in [0.15, 0.2) is 0 Å². The molecule has 0 spiro atoms. The third-order valence-corrected chi connectivity index (χ3v) is 3.37. The zero-order chi connectivity index (χ0) is 15.9. The van der Waals surface area contributed by atoms with Gasteiger partial charge in [-0.3, -0.25) is 9.89 Å². The van der Waals surface area contributed by atoms with Crippen molar-refractivity contribution in [1.29, 1.82) is 0 Å². The van der Waals surface area contributed by atoms with E-state index in [-0.39, 0.29) is 18.4 Å². The first kappa shape index (κ1) is 16.3. The number of aliphatic hydroxyl groups is 1. The predicted octanol–water partition coefficient (Wildman–Crippen LogP) is 1.78. The molecule has 2 heterocycles. The van der Waals surface area contributed by atoms with Crippen LogP contribution in [-0.2, 0) is 12.8 Å². The van der Waals surface area contributed by atoms with Gasteiger partial charge in [-0.25, -0.2) is 0 Å². The number of furan rings is 1. The molecule has 0 fully saturated rings. The van der Waals surface area contributed by atoms with Crippen molar-refractivity contribution in [3.05, 3.63) is 41.6 Å². The van der Waals surface area contributed by atoms with E-state index in [0.29, 0.717) is 24.6 Å². The van der Waals surface area contributed by atoms with Gasteiger partial charge in [-0.05, 0) is 30.5 Å². The average Bonchev–Trinajstić information content (AvgIpc) is 3.14. The lowest BCUT2D eigenvalue weighted by Gasteiger charge is -2.13. The summed E-state index contributed by atoms with van der Waals surface area (Å²) in [4.78, 5) is 12.1. The number of aromatic amines is 1. The van der Waals surface area contributed by atoms with Crippen LogP contribution in [0.25, 0.3) is 0 Å². The van der Waals surface area contributed by atoms with Crippen molar-refractivity contribution in [3.8, 4) is 0 Å². The number of H-pyrrole nitrogens is 1. The van der Waals surface area contributed by atoms with Gasteiger partial charge in [0.25, 0.3) is 5.91 Å². The van der Waals surface area contributed by atoms with Crippen molar-refractivity contribution >= 4 is 5.91 Å². The second kappa shape index (κ2) is 7.79. The summed E-state index contributed by atoms with van der Waals surface area (Å²) < 4.78 is 5.26. The number of nitrogens with zero attached hydrogens (tertiary/aromatic N) is 1. The minimum atomic E-state index is -0.232. The van der Waals surface area contributed by atoms with Crippen molar-refractivity contribution in [2.24, 2.45) is 11.8 Å². The Labute approximate surface area is 129 Å². The highest BCUT2D eigenvalue weighted by Gasteiger charge is 2.15. The predicted molar refractivity (Wildman–Crippen MR) is 82.5 cm³/mol. The molecule has 0 radical (unpaired) electrons. The standard InChI is InChI=1S/C16H23N3O3/c1-11(2)6-13-8-15(19-18-13)16(21)17-9-12(10-20)7-14-4-3-5-22-14/h3-5,8,11-12,20H,6-7,9-10H2,1-2H3,(H,17,21)(H,18,19). The Balaban J connectivity index is 1.84. The first-order valence-corrected chi connectivity index (χ1v) is 7.54. The molecule has 2 aromatic heterocycles. The van der Waals surface area contributed by atoms with Crippen LogP contribution in [0, 0.1) is 11.8 Å². The van der Waals surface area contributed by atoms with E-state index in [9.17, 15) is 9.90 Å². The molecule has 0 saturated carbocycles. The zero-order valence-electron chi connectivity index (χ0n) is 13.0. The molecule has 3 N–H and O–H groups in total. The highest BCUT2D eigenvalue weighted by Crippen LogP contribution is 2.09. The van der Waals surface area contributed by atoms with E-state index >= 15 is 0 Å². The molecule has 22 heavy (non-hydrogen) atoms. The fourth-order valence-corrected chi connectivity index (χ4v) is 2.26. The molecule has 1 atom stereocenters. The van der Waals surface area contributed by atoms with Crippen LogP contribution in [0.15, 0.2) is 28.9 Å². The van der Waals surface area contributed by atoms with Crippen molar-refractivity contribution in [3.63, 3.8) is 0 Å². The fraction of sp³-hybridized carbons (Fsp3) is 0.500. The molecule has 0 aliphatic carbocycles. The molecule has 0 bridgehead atoms. The van der Waals surface area contributed by atoms with Gasteiger partial charge in [-0.15, -0.1) is 0 Å². The van der Waals surface area contributed by atoms with Crippen LogP contribution in [0.3, 0.4) is 0 Å². The molecule has 0 aromatic carbocycles. The molecule has 0 aliphatic heterocycles. The number of aliphatic hydroxyl groups excluding tert-OH is 1. The van der Waals surface area contributed by atoms with Crippen LogP contribution < -0.4 is 5.32 Å². The number of nitrogens with one attached hydrogen (secondary N) is 2. The minimum Gasteiger partial charge on any atom is -0.469 e. The maximum atomic E-state index is 12.1. The van der Waals surface area contributed by atoms with E-state index in [1.165, 1.54) is 0 Å². The van der Waals surface area contributed by atoms with E-state index < -0.39 is 0 Å². The fourth-order valence-electron chi connectivity index (χ4n) is 2.26. The van der Waals surface area contributed by atoms with Gasteiger partial charge < -0.3 is 14.8 Å². The highest BCUT2D eigenvalue weighted by molar-refractivity contribution is 5.92. The van der Waals surface area contributed by atoms with Crippen LogP contribution in [0.5, 0.6) is 0 Å². The molecule has 0 saturated heterocycles. The molecular formula is C16H23N3O3. The van der Waals surface area contributed by atoms with Gasteiger partial charge in [-0.2, -0.15) is 5.10 Å². The van der Waals surface area contributed by atoms with Crippen LogP contribution >= 0.6 is 0 Å². The normalized spacial score (nSPS) is 12.5. The van der Waals surface area contributed by atoms with E-state index in [1.807, 2.05) is 12.1 Å². The van der Waals surface area contributed by atoms with E-state index in [1.54, 1.807) is 12.3 Å². The number of hydrogen-bond donors (Lipinski definition) is 3. The van der Waals surface area contributed by atoms with Crippen LogP contribution in [0.4, 0.5) is 0 Å². The molecule has 0 aliphatic rings. The summed E-state index contributed by atoms with van der Waals surface area (Å²) in [5, 5.41) is 19.1. The molecule has 2 aromatic rings. The number of carbonyl (C=O) groups is 1. The highest BCUT2D eigenvalue weighted by atomic mass is 16.3. The monoisotopic (exact) mass is 305 g/mol. The Morgan fingerprint density at radius 3 is 2.91 bits per heavy atom. The first-order chi connectivity index (χ1) is 10.6. The van der Waals surface area contributed by atoms with Gasteiger partial charge in [0, 0.05) is 31.2 Å². The summed E-state index contributed by atoms with van der Waals surface area (Å²) >= 11 is 0. The number of carbonyl (C=O) groups excluding carboxylic acids is 1. The van der Waals surface area contributed by atoms with Crippen molar-refractivity contribution in [1.82, 2.24) is 15.5 Å². The molecule has 6 heteroatoms. The lowest BCUT2D eigenvalue weighted by Crippen LogP contribution is -2.32. The number of aromatic nitrogens is 2. The quantitative estimate of drug-likeness (QED) is 0.693. The molecule has 1 amide bonds. The Morgan fingerprint density at radius 1 is 1.45 bits per heavy atom. The van der Waals surface area contributed by atoms with Crippen molar-refractivity contribution < 1.29 is 14.3 Å². The maximum absolute atomic E-state index is 12.1. The molecule has 6 nitrogen and oxygen atoms in total. The Bertz CT molecular complexity index is 575. The summed E-state index contributed by atoms with van der Waals surface area (Å²) in [6.45, 7) is 4.59. The number of rotatable bonds is 8. The van der Waals surface area contributed by atoms with E-state index in [4.69, 9.17) is 4.42 Å². The number of hydrogen-bond acceptors (Lipinski definition) is 4. The SMILES string of the molecule is CC(C)Cc1cc(C(=O)NCC(CO)Cc2ccco2)n[nH]1. The summed E-state index contributed by atoms with van der Waals surface area (Å²) in [7, 11) is 0. The van der Waals surface area contributed by atoms with Gasteiger partial charge >= 0.3 is 0 Å². The van der Waals surface area contributed by atoms with Gasteiger partial charge in [0.1, 0.15) is 11.5 Å². The largest absolute Gasteiger partial charge is 0.469 e. The lowest BCUT2D eigenvalue weighted by atomic mass is 10.1. The molecule has 120 valence electrons. The third kappa shape index (κ3) is 4.73. The van der Waals surface area contributed by atoms with E-state index in [0.717, 1.165) is 17.9 Å². The van der Waals surface area contributed by atoms with Crippen molar-refractivity contribution in [2.45, 2.75) is 26.7 Å². The maximum Gasteiger partial charge on any atom is 0.271 e. The van der Waals surface area contributed by atoms with Gasteiger partial charge in [-0.1, -0.05) is 13.8 Å². The Hall–Kier alpha value is -2.08. The van der Waals surface area contributed by atoms with E-state index in [2.05, 4.69) is 29.4 Å². The summed E-state index contributed by atoms with van der Waals surface area (Å²) in [6.07, 6.45) is 3.04. The van der Waals surface area contributed by atoms with Crippen LogP contribution in [0.1, 0.15) is 35.8 Å². The van der Waals surface area contributed by atoms with Crippen LogP contribution in [0.2, 0.25) is 0 Å². The Kier molecular flexibility index (Phi) is 5.77. The van der Waals surface area contributed by atoms with Gasteiger partial charge in [0.05, 0.1) is 6.26 Å². The second-order valence-corrected chi connectivity index (χ2v) is 5.92. The summed E-state index contributed by atoms with van der Waals surface area (Å²) in [5.41, 5.74) is 1.33. The second-order valence-electron chi connectivity index (χ2n) is 5.92. The minimum absolute atomic E-state index is 0.0137. The average molecular weight is 305 g/mol. The van der Waals surface area contributed by atoms with Crippen LogP contribution in [-0.4, -0.2) is 34.4 Å². The zero-order valence-corrected chi connectivity index (χ0v) is 13.0. The lowest BCUT2D eigenvalue weighted by molar-refractivity contribution is 0.0934. The molecular weight excluding hydrogens is 282 g/mol. The number of amides is 1. The summed E-state index contributed by atoms with van der Waals surface area (Å²) in [6, 6.07) is 5.44. The smallest absolute Gasteiger partial charge is 0.271 e. The van der Waals surface area contributed by atoms with Gasteiger partial charge in [0.2, 0.25) is 0 Å². The Morgan fingerprint density at radius 2 is 2.27 bits per heavy atom. The third-order valence-electron chi connectivity index (χ3n) is 3.37. The summed E-state index contributed by atoms with van der Waals surface area (Å²) in [5.74, 6) is 0.990. The topological polar surface area (TPSA) is 91.2 Å². The first-order valence-electron chi connectivity index (χ1n) is 7.54. The van der Waals surface area contributed by atoms with Crippen molar-refractivity contribution in [2.75, 3.05) is 13.2 Å². The molecule has 1 unspecified atom stereocenters.